The maximum Gasteiger partial charge on any atom is 0.204 e. The van der Waals surface area contributed by atoms with Gasteiger partial charge in [0.2, 0.25) is 6.29 Å². The second kappa shape index (κ2) is 11.6. The summed E-state index contributed by atoms with van der Waals surface area (Å²) < 4.78 is 12.1. The molecule has 2 unspecified atom stereocenters. The highest BCUT2D eigenvalue weighted by Crippen LogP contribution is 2.30. The van der Waals surface area contributed by atoms with Gasteiger partial charge < -0.3 is 9.47 Å². The van der Waals surface area contributed by atoms with Crippen molar-refractivity contribution < 1.29 is 9.47 Å². The van der Waals surface area contributed by atoms with Crippen molar-refractivity contribution in [3.8, 4) is 5.75 Å². The monoisotopic (exact) mass is 350 g/mol. The molecule has 146 valence electrons. The summed E-state index contributed by atoms with van der Waals surface area (Å²) in [6, 6.07) is 8.59. The molecule has 1 aromatic rings. The van der Waals surface area contributed by atoms with E-state index in [0.717, 1.165) is 11.7 Å². The van der Waals surface area contributed by atoms with Crippen molar-refractivity contribution in [1.29, 1.82) is 0 Å². The van der Waals surface area contributed by atoms with Gasteiger partial charge in [-0.1, -0.05) is 67.5 Å². The largest absolute Gasteiger partial charge is 0.464 e. The van der Waals surface area contributed by atoms with Crippen LogP contribution in [0.2, 0.25) is 0 Å². The third-order valence-corrected chi connectivity index (χ3v) is 3.95. The van der Waals surface area contributed by atoms with Gasteiger partial charge in [-0.15, -0.1) is 0 Å². The Bertz CT molecular complexity index is 440. The van der Waals surface area contributed by atoms with Crippen LogP contribution in [0.4, 0.5) is 0 Å². The molecule has 1 rings (SSSR count). The van der Waals surface area contributed by atoms with Crippen LogP contribution >= 0.6 is 0 Å². The molecule has 2 nitrogen and oxygen atoms in total. The van der Waals surface area contributed by atoms with Crippen LogP contribution in [0.25, 0.3) is 0 Å². The minimum absolute atomic E-state index is 0.0630. The summed E-state index contributed by atoms with van der Waals surface area (Å²) in [6.07, 6.45) is 2.32. The van der Waals surface area contributed by atoms with Crippen molar-refractivity contribution in [1.82, 2.24) is 0 Å². The lowest BCUT2D eigenvalue weighted by atomic mass is 9.88. The average Bonchev–Trinajstić information content (AvgIpc) is 2.53. The molecule has 0 aliphatic rings. The fourth-order valence-electron chi connectivity index (χ4n) is 2.71. The first-order valence-corrected chi connectivity index (χ1v) is 10.1. The van der Waals surface area contributed by atoms with Crippen LogP contribution < -0.4 is 4.74 Å². The predicted octanol–water partition coefficient (Wildman–Crippen LogP) is 7.43. The Morgan fingerprint density at radius 3 is 1.80 bits per heavy atom. The smallest absolute Gasteiger partial charge is 0.204 e. The molecule has 25 heavy (non-hydrogen) atoms. The number of hydrogen-bond acceptors (Lipinski definition) is 2. The maximum absolute atomic E-state index is 6.12. The van der Waals surface area contributed by atoms with Crippen LogP contribution in [0.3, 0.4) is 0 Å². The van der Waals surface area contributed by atoms with Crippen molar-refractivity contribution >= 4 is 0 Å². The van der Waals surface area contributed by atoms with Crippen LogP contribution in [0.5, 0.6) is 5.75 Å². The zero-order valence-corrected chi connectivity index (χ0v) is 18.3. The summed E-state index contributed by atoms with van der Waals surface area (Å²) in [6.45, 7) is 21.4. The van der Waals surface area contributed by atoms with E-state index in [1.807, 2.05) is 27.7 Å². The Kier molecular flexibility index (Phi) is 11.1. The number of ether oxygens (including phenoxy) is 2. The zero-order valence-electron chi connectivity index (χ0n) is 18.3. The first-order chi connectivity index (χ1) is 11.6. The van der Waals surface area contributed by atoms with Gasteiger partial charge in [0, 0.05) is 5.41 Å². The molecule has 1 aromatic carbocycles. The van der Waals surface area contributed by atoms with Crippen LogP contribution in [0.1, 0.15) is 93.6 Å². The van der Waals surface area contributed by atoms with E-state index in [1.54, 1.807) is 0 Å². The zero-order chi connectivity index (χ0) is 19.6. The van der Waals surface area contributed by atoms with Gasteiger partial charge in [-0.2, -0.15) is 0 Å². The molecule has 0 aliphatic carbocycles. The highest BCUT2D eigenvalue weighted by atomic mass is 16.7. The van der Waals surface area contributed by atoms with Crippen molar-refractivity contribution in [3.63, 3.8) is 0 Å². The van der Waals surface area contributed by atoms with Crippen LogP contribution in [0.15, 0.2) is 24.3 Å². The van der Waals surface area contributed by atoms with E-state index in [-0.39, 0.29) is 17.8 Å². The summed E-state index contributed by atoms with van der Waals surface area (Å²) in [7, 11) is 0. The molecule has 0 amide bonds. The molecule has 0 fully saturated rings. The van der Waals surface area contributed by atoms with E-state index in [1.165, 1.54) is 18.4 Å². The van der Waals surface area contributed by atoms with Crippen molar-refractivity contribution in [3.05, 3.63) is 29.8 Å². The van der Waals surface area contributed by atoms with Gasteiger partial charge in [0.1, 0.15) is 5.75 Å². The minimum atomic E-state index is -0.244. The topological polar surface area (TPSA) is 18.5 Å². The summed E-state index contributed by atoms with van der Waals surface area (Å²) in [5.41, 5.74) is 1.35. The molecule has 0 saturated carbocycles. The molecular weight excluding hydrogens is 308 g/mol. The quantitative estimate of drug-likeness (QED) is 0.454. The molecule has 0 aliphatic heterocycles. The second-order valence-corrected chi connectivity index (χ2v) is 8.30. The lowest BCUT2D eigenvalue weighted by molar-refractivity contribution is -0.162. The minimum Gasteiger partial charge on any atom is -0.464 e. The van der Waals surface area contributed by atoms with E-state index in [4.69, 9.17) is 9.47 Å². The molecule has 0 radical (unpaired) electrons. The first-order valence-electron chi connectivity index (χ1n) is 10.1. The maximum atomic E-state index is 6.12. The lowest BCUT2D eigenvalue weighted by Crippen LogP contribution is -2.36. The van der Waals surface area contributed by atoms with Crippen molar-refractivity contribution in [2.24, 2.45) is 11.3 Å². The van der Waals surface area contributed by atoms with Crippen LogP contribution in [-0.2, 0) is 4.74 Å². The van der Waals surface area contributed by atoms with Gasteiger partial charge in [-0.05, 0) is 56.2 Å². The van der Waals surface area contributed by atoms with Gasteiger partial charge in [-0.25, -0.2) is 0 Å². The van der Waals surface area contributed by atoms with Gasteiger partial charge in [0.25, 0.3) is 0 Å². The summed E-state index contributed by atoms with van der Waals surface area (Å²) in [5, 5.41) is 0. The molecular formula is C23H42O2. The SMILES string of the molecule is CC.CCC(CC(C)C)c1ccc(OC(OC(C)C)C(C)(C)C)cc1. The number of benzene rings is 1. The fraction of sp³-hybridized carbons (Fsp3) is 0.739. The van der Waals surface area contributed by atoms with Crippen LogP contribution in [-0.4, -0.2) is 12.4 Å². The third kappa shape index (κ3) is 9.30. The summed E-state index contributed by atoms with van der Waals surface area (Å²) in [5.74, 6) is 2.24. The molecule has 0 aromatic heterocycles. The van der Waals surface area contributed by atoms with E-state index in [0.29, 0.717) is 5.92 Å². The van der Waals surface area contributed by atoms with E-state index < -0.39 is 0 Å². The van der Waals surface area contributed by atoms with Crippen LogP contribution in [0, 0.1) is 11.3 Å². The molecule has 0 spiro atoms. The van der Waals surface area contributed by atoms with Crippen molar-refractivity contribution in [2.45, 2.75) is 100 Å². The highest BCUT2D eigenvalue weighted by Gasteiger charge is 2.28. The lowest BCUT2D eigenvalue weighted by Gasteiger charge is -2.32. The van der Waals surface area contributed by atoms with Crippen molar-refractivity contribution in [2.75, 3.05) is 0 Å². The normalized spacial score (nSPS) is 14.1. The molecule has 0 bridgehead atoms. The predicted molar refractivity (Wildman–Crippen MR) is 110 cm³/mol. The number of hydrogen-bond donors (Lipinski definition) is 0. The second-order valence-electron chi connectivity index (χ2n) is 8.30. The average molecular weight is 351 g/mol. The molecule has 2 atom stereocenters. The standard InChI is InChI=1S/C21H36O2.C2H6/c1-9-17(14-15(2)3)18-10-12-19(13-11-18)23-20(21(6,7)8)22-16(4)5;1-2/h10-13,15-17,20H,9,14H2,1-8H3;1-2H3. The highest BCUT2D eigenvalue weighted by molar-refractivity contribution is 5.29. The Balaban J connectivity index is 0.00000277. The molecule has 0 heterocycles. The summed E-state index contributed by atoms with van der Waals surface area (Å²) in [4.78, 5) is 0. The van der Waals surface area contributed by atoms with Gasteiger partial charge in [0.05, 0.1) is 6.10 Å². The molecule has 2 heteroatoms. The molecule has 0 N–H and O–H groups in total. The fourth-order valence-corrected chi connectivity index (χ4v) is 2.71. The third-order valence-electron chi connectivity index (χ3n) is 3.95. The Morgan fingerprint density at radius 1 is 0.920 bits per heavy atom. The number of rotatable bonds is 8. The van der Waals surface area contributed by atoms with E-state index >= 15 is 0 Å². The van der Waals surface area contributed by atoms with Gasteiger partial charge >= 0.3 is 0 Å². The Morgan fingerprint density at radius 2 is 1.44 bits per heavy atom. The van der Waals surface area contributed by atoms with E-state index in [9.17, 15) is 0 Å². The summed E-state index contributed by atoms with van der Waals surface area (Å²) >= 11 is 0. The van der Waals surface area contributed by atoms with Gasteiger partial charge in [-0.3, -0.25) is 0 Å². The van der Waals surface area contributed by atoms with E-state index in [2.05, 4.69) is 65.8 Å². The van der Waals surface area contributed by atoms with Gasteiger partial charge in [0.15, 0.2) is 0 Å². The first kappa shape index (κ1) is 24.0. The Labute approximate surface area is 157 Å². The Hall–Kier alpha value is -1.02. The molecule has 0 saturated heterocycles.